The van der Waals surface area contributed by atoms with Gasteiger partial charge in [0.1, 0.15) is 12.4 Å². The molecule has 0 aromatic heterocycles. The van der Waals surface area contributed by atoms with Crippen LogP contribution in [0.15, 0.2) is 36.4 Å². The second-order valence-electron chi connectivity index (χ2n) is 7.91. The average Bonchev–Trinajstić information content (AvgIpc) is 3.38. The third kappa shape index (κ3) is 4.33. The van der Waals surface area contributed by atoms with Gasteiger partial charge in [-0.05, 0) is 82.1 Å². The number of carbonyl (C=O) groups is 1. The topological polar surface area (TPSA) is 41.6 Å². The molecule has 0 unspecified atom stereocenters. The van der Waals surface area contributed by atoms with Gasteiger partial charge in [0.15, 0.2) is 0 Å². The van der Waals surface area contributed by atoms with E-state index in [2.05, 4.69) is 42.3 Å². The summed E-state index contributed by atoms with van der Waals surface area (Å²) in [5.74, 6) is 0.716. The minimum Gasteiger partial charge on any atom is -0.492 e. The largest absolute Gasteiger partial charge is 0.492 e. The van der Waals surface area contributed by atoms with Gasteiger partial charge in [0.2, 0.25) is 0 Å². The van der Waals surface area contributed by atoms with Crippen LogP contribution in [0, 0.1) is 20.8 Å². The molecule has 0 atom stereocenters. The summed E-state index contributed by atoms with van der Waals surface area (Å²) in [5.41, 5.74) is 5.21. The SMILES string of the molecule is Cc1ccc(OCCN(C)C)cc1C(=O)NC1(c2cccc(C)c2C)CC1. The summed E-state index contributed by atoms with van der Waals surface area (Å²) in [6.07, 6.45) is 1.97. The molecule has 0 saturated heterocycles. The number of nitrogens with one attached hydrogen (secondary N) is 1. The molecule has 4 nitrogen and oxygen atoms in total. The molecule has 1 aliphatic rings. The third-order valence-electron chi connectivity index (χ3n) is 5.48. The molecule has 0 heterocycles. The number of aryl methyl sites for hydroxylation is 2. The van der Waals surface area contributed by atoms with Crippen LogP contribution in [0.3, 0.4) is 0 Å². The van der Waals surface area contributed by atoms with Gasteiger partial charge in [-0.1, -0.05) is 24.3 Å². The van der Waals surface area contributed by atoms with Crippen LogP contribution in [-0.2, 0) is 5.54 Å². The molecular formula is C23H30N2O2. The van der Waals surface area contributed by atoms with Crippen LogP contribution < -0.4 is 10.1 Å². The van der Waals surface area contributed by atoms with Gasteiger partial charge in [0.25, 0.3) is 5.91 Å². The van der Waals surface area contributed by atoms with Gasteiger partial charge in [-0.3, -0.25) is 4.79 Å². The smallest absolute Gasteiger partial charge is 0.252 e. The van der Waals surface area contributed by atoms with E-state index in [1.807, 2.05) is 39.2 Å². The number of hydrogen-bond donors (Lipinski definition) is 1. The first-order chi connectivity index (χ1) is 12.8. The molecule has 3 rings (SSSR count). The molecule has 1 amide bonds. The van der Waals surface area contributed by atoms with E-state index in [1.165, 1.54) is 16.7 Å². The van der Waals surface area contributed by atoms with E-state index in [4.69, 9.17) is 4.74 Å². The molecule has 1 aliphatic carbocycles. The number of ether oxygens (including phenoxy) is 1. The Morgan fingerprint density at radius 2 is 1.85 bits per heavy atom. The number of hydrogen-bond acceptors (Lipinski definition) is 3. The average molecular weight is 367 g/mol. The zero-order valence-electron chi connectivity index (χ0n) is 17.1. The molecule has 0 spiro atoms. The molecule has 1 N–H and O–H groups in total. The van der Waals surface area contributed by atoms with Crippen molar-refractivity contribution in [3.8, 4) is 5.75 Å². The van der Waals surface area contributed by atoms with Gasteiger partial charge in [-0.25, -0.2) is 0 Å². The maximum absolute atomic E-state index is 13.1. The van der Waals surface area contributed by atoms with E-state index in [-0.39, 0.29) is 11.4 Å². The summed E-state index contributed by atoms with van der Waals surface area (Å²) in [6, 6.07) is 12.1. The van der Waals surface area contributed by atoms with Crippen molar-refractivity contribution in [3.05, 3.63) is 64.2 Å². The molecule has 4 heteroatoms. The van der Waals surface area contributed by atoms with Crippen molar-refractivity contribution in [1.82, 2.24) is 10.2 Å². The lowest BCUT2D eigenvalue weighted by Crippen LogP contribution is -2.35. The standard InChI is InChI=1S/C23H30N2O2/c1-16-7-6-8-21(18(16)3)23(11-12-23)24-22(26)20-15-19(10-9-17(20)2)27-14-13-25(4)5/h6-10,15H,11-14H2,1-5H3,(H,24,26). The van der Waals surface area contributed by atoms with Crippen LogP contribution in [0.1, 0.15) is 45.5 Å². The maximum Gasteiger partial charge on any atom is 0.252 e. The van der Waals surface area contributed by atoms with E-state index in [1.54, 1.807) is 0 Å². The Morgan fingerprint density at radius 1 is 1.11 bits per heavy atom. The summed E-state index contributed by atoms with van der Waals surface area (Å²) in [4.78, 5) is 15.1. The van der Waals surface area contributed by atoms with Crippen molar-refractivity contribution in [2.45, 2.75) is 39.2 Å². The summed E-state index contributed by atoms with van der Waals surface area (Å²) < 4.78 is 5.81. The van der Waals surface area contributed by atoms with Crippen molar-refractivity contribution in [3.63, 3.8) is 0 Å². The summed E-state index contributed by atoms with van der Waals surface area (Å²) in [6.45, 7) is 7.67. The predicted molar refractivity (Wildman–Crippen MR) is 110 cm³/mol. The lowest BCUT2D eigenvalue weighted by atomic mass is 9.95. The van der Waals surface area contributed by atoms with Crippen LogP contribution in [-0.4, -0.2) is 38.1 Å². The van der Waals surface area contributed by atoms with Gasteiger partial charge in [-0.15, -0.1) is 0 Å². The molecule has 2 aromatic carbocycles. The second-order valence-corrected chi connectivity index (χ2v) is 7.91. The van der Waals surface area contributed by atoms with Crippen LogP contribution >= 0.6 is 0 Å². The zero-order chi connectivity index (χ0) is 19.6. The van der Waals surface area contributed by atoms with E-state index in [0.717, 1.165) is 30.7 Å². The molecule has 27 heavy (non-hydrogen) atoms. The molecule has 0 aliphatic heterocycles. The third-order valence-corrected chi connectivity index (χ3v) is 5.48. The maximum atomic E-state index is 13.1. The normalized spacial score (nSPS) is 14.9. The number of amides is 1. The quantitative estimate of drug-likeness (QED) is 0.806. The monoisotopic (exact) mass is 366 g/mol. The second kappa shape index (κ2) is 7.73. The first kappa shape index (κ1) is 19.4. The summed E-state index contributed by atoms with van der Waals surface area (Å²) >= 11 is 0. The predicted octanol–water partition coefficient (Wildman–Crippen LogP) is 3.97. The fourth-order valence-corrected chi connectivity index (χ4v) is 3.42. The number of carbonyl (C=O) groups excluding carboxylic acids is 1. The van der Waals surface area contributed by atoms with Gasteiger partial charge >= 0.3 is 0 Å². The molecule has 0 bridgehead atoms. The zero-order valence-corrected chi connectivity index (χ0v) is 17.1. The van der Waals surface area contributed by atoms with Gasteiger partial charge in [0.05, 0.1) is 5.54 Å². The highest BCUT2D eigenvalue weighted by Crippen LogP contribution is 2.47. The minimum atomic E-state index is -0.221. The fourth-order valence-electron chi connectivity index (χ4n) is 3.42. The lowest BCUT2D eigenvalue weighted by Gasteiger charge is -2.22. The van der Waals surface area contributed by atoms with Crippen molar-refractivity contribution in [2.24, 2.45) is 0 Å². The van der Waals surface area contributed by atoms with Crippen LogP contribution in [0.25, 0.3) is 0 Å². The molecular weight excluding hydrogens is 336 g/mol. The number of rotatable bonds is 7. The molecule has 1 fully saturated rings. The van der Waals surface area contributed by atoms with Gasteiger partial charge < -0.3 is 15.0 Å². The summed E-state index contributed by atoms with van der Waals surface area (Å²) in [7, 11) is 4.03. The van der Waals surface area contributed by atoms with E-state index in [0.29, 0.717) is 12.2 Å². The number of nitrogens with zero attached hydrogens (tertiary/aromatic N) is 1. The Bertz CT molecular complexity index is 838. The van der Waals surface area contributed by atoms with E-state index < -0.39 is 0 Å². The van der Waals surface area contributed by atoms with Gasteiger partial charge in [0, 0.05) is 12.1 Å². The Kier molecular flexibility index (Phi) is 5.56. The molecule has 0 radical (unpaired) electrons. The van der Waals surface area contributed by atoms with Crippen LogP contribution in [0.4, 0.5) is 0 Å². The van der Waals surface area contributed by atoms with Crippen molar-refractivity contribution >= 4 is 5.91 Å². The van der Waals surface area contributed by atoms with Crippen molar-refractivity contribution < 1.29 is 9.53 Å². The Balaban J connectivity index is 1.77. The highest BCUT2D eigenvalue weighted by atomic mass is 16.5. The van der Waals surface area contributed by atoms with Crippen LogP contribution in [0.2, 0.25) is 0 Å². The Hall–Kier alpha value is -2.33. The number of likely N-dealkylation sites (N-methyl/N-ethyl adjacent to an activating group) is 1. The minimum absolute atomic E-state index is 0.0241. The fraction of sp³-hybridized carbons (Fsp3) is 0.435. The highest BCUT2D eigenvalue weighted by Gasteiger charge is 2.46. The first-order valence-electron chi connectivity index (χ1n) is 9.60. The molecule has 144 valence electrons. The molecule has 2 aromatic rings. The van der Waals surface area contributed by atoms with Crippen molar-refractivity contribution in [2.75, 3.05) is 27.2 Å². The van der Waals surface area contributed by atoms with Crippen LogP contribution in [0.5, 0.6) is 5.75 Å². The first-order valence-corrected chi connectivity index (χ1v) is 9.60. The Morgan fingerprint density at radius 3 is 2.52 bits per heavy atom. The molecule has 1 saturated carbocycles. The van der Waals surface area contributed by atoms with E-state index in [9.17, 15) is 4.79 Å². The van der Waals surface area contributed by atoms with Crippen molar-refractivity contribution in [1.29, 1.82) is 0 Å². The van der Waals surface area contributed by atoms with Gasteiger partial charge in [-0.2, -0.15) is 0 Å². The number of benzene rings is 2. The van der Waals surface area contributed by atoms with E-state index >= 15 is 0 Å². The summed E-state index contributed by atoms with van der Waals surface area (Å²) in [5, 5.41) is 3.31. The Labute approximate surface area is 162 Å². The lowest BCUT2D eigenvalue weighted by molar-refractivity contribution is 0.0929. The highest BCUT2D eigenvalue weighted by molar-refractivity contribution is 5.96.